The van der Waals surface area contributed by atoms with Crippen molar-refractivity contribution < 1.29 is 0 Å². The first-order chi connectivity index (χ1) is 24.1. The quantitative estimate of drug-likeness (QED) is 0.172. The van der Waals surface area contributed by atoms with Gasteiger partial charge in [0.05, 0.1) is 0 Å². The van der Waals surface area contributed by atoms with Crippen molar-refractivity contribution in [3.8, 4) is 44.5 Å². The predicted octanol–water partition coefficient (Wildman–Crippen LogP) is 13.6. The van der Waals surface area contributed by atoms with Crippen molar-refractivity contribution in [1.29, 1.82) is 0 Å². The summed E-state index contributed by atoms with van der Waals surface area (Å²) in [4.78, 5) is 0. The van der Waals surface area contributed by atoms with Crippen molar-refractivity contribution >= 4 is 43.1 Å². The van der Waals surface area contributed by atoms with Crippen LogP contribution < -0.4 is 0 Å². The molecule has 1 aliphatic carbocycles. The highest BCUT2D eigenvalue weighted by Gasteiger charge is 2.35. The molecule has 0 heterocycles. The SMILES string of the molecule is CC1(C)c2ccccc2-c2cc3cccc(-c4c5ccccc5c(-c5cccc(-c6ccc7ccccc7c6)c5)c5ccccc45)c3cc21. The van der Waals surface area contributed by atoms with E-state index in [9.17, 15) is 0 Å². The molecular weight excluding hydrogens is 589 g/mol. The van der Waals surface area contributed by atoms with E-state index in [-0.39, 0.29) is 5.41 Å². The lowest BCUT2D eigenvalue weighted by Gasteiger charge is -2.23. The van der Waals surface area contributed by atoms with E-state index in [1.54, 1.807) is 0 Å². The van der Waals surface area contributed by atoms with E-state index in [0.717, 1.165) is 0 Å². The van der Waals surface area contributed by atoms with Gasteiger partial charge < -0.3 is 0 Å². The Morgan fingerprint density at radius 1 is 0.306 bits per heavy atom. The minimum Gasteiger partial charge on any atom is -0.0619 e. The molecular formula is C49H34. The zero-order valence-corrected chi connectivity index (χ0v) is 27.7. The highest BCUT2D eigenvalue weighted by atomic mass is 14.4. The molecule has 230 valence electrons. The Morgan fingerprint density at radius 3 is 1.65 bits per heavy atom. The predicted molar refractivity (Wildman–Crippen MR) is 210 cm³/mol. The van der Waals surface area contributed by atoms with Gasteiger partial charge >= 0.3 is 0 Å². The Balaban J connectivity index is 1.23. The van der Waals surface area contributed by atoms with E-state index in [1.165, 1.54) is 98.7 Å². The van der Waals surface area contributed by atoms with Crippen molar-refractivity contribution in [3.05, 3.63) is 181 Å². The van der Waals surface area contributed by atoms with E-state index in [4.69, 9.17) is 0 Å². The van der Waals surface area contributed by atoms with E-state index in [0.29, 0.717) is 0 Å². The summed E-state index contributed by atoms with van der Waals surface area (Å²) in [6.45, 7) is 4.75. The van der Waals surface area contributed by atoms with Crippen LogP contribution in [0.15, 0.2) is 170 Å². The minimum atomic E-state index is -0.0583. The Kier molecular flexibility index (Phi) is 6.02. The fraction of sp³-hybridized carbons (Fsp3) is 0.0612. The molecule has 0 saturated carbocycles. The summed E-state index contributed by atoms with van der Waals surface area (Å²) in [5, 5.41) is 10.2. The van der Waals surface area contributed by atoms with Gasteiger partial charge in [-0.15, -0.1) is 0 Å². The van der Waals surface area contributed by atoms with Gasteiger partial charge in [-0.1, -0.05) is 159 Å². The monoisotopic (exact) mass is 622 g/mol. The molecule has 9 aromatic rings. The first kappa shape index (κ1) is 28.1. The molecule has 0 fully saturated rings. The van der Waals surface area contributed by atoms with Crippen LogP contribution in [-0.4, -0.2) is 0 Å². The highest BCUT2D eigenvalue weighted by molar-refractivity contribution is 6.23. The summed E-state index contributed by atoms with van der Waals surface area (Å²) in [6, 6.07) is 63.2. The maximum atomic E-state index is 2.49. The van der Waals surface area contributed by atoms with Crippen LogP contribution >= 0.6 is 0 Å². The van der Waals surface area contributed by atoms with Crippen LogP contribution in [0, 0.1) is 0 Å². The first-order valence-electron chi connectivity index (χ1n) is 17.3. The summed E-state index contributed by atoms with van der Waals surface area (Å²) in [5.41, 5.74) is 13.1. The number of rotatable bonds is 3. The van der Waals surface area contributed by atoms with Gasteiger partial charge in [-0.25, -0.2) is 0 Å². The van der Waals surface area contributed by atoms with E-state index >= 15 is 0 Å². The standard InChI is InChI=1S/C49H34/c1-49(2)45-24-10-9-18-37(45)44-29-35-16-12-23-42(43(35)30-46(44)49)48-40-21-7-5-19-38(40)47(39-20-6-8-22-41(39)48)36-17-11-15-33(28-36)34-26-25-31-13-3-4-14-32(31)27-34/h3-30H,1-2H3. The van der Waals surface area contributed by atoms with E-state index in [1.807, 2.05) is 0 Å². The van der Waals surface area contributed by atoms with Gasteiger partial charge in [-0.2, -0.15) is 0 Å². The van der Waals surface area contributed by atoms with Gasteiger partial charge in [0.2, 0.25) is 0 Å². The minimum absolute atomic E-state index is 0.0583. The molecule has 9 aromatic carbocycles. The maximum Gasteiger partial charge on any atom is 0.0159 e. The number of hydrogen-bond acceptors (Lipinski definition) is 0. The summed E-state index contributed by atoms with van der Waals surface area (Å²) < 4.78 is 0. The maximum absolute atomic E-state index is 2.49. The van der Waals surface area contributed by atoms with E-state index in [2.05, 4.69) is 184 Å². The van der Waals surface area contributed by atoms with Crippen molar-refractivity contribution in [2.24, 2.45) is 0 Å². The van der Waals surface area contributed by atoms with Crippen LogP contribution in [0.4, 0.5) is 0 Å². The van der Waals surface area contributed by atoms with Gasteiger partial charge in [-0.3, -0.25) is 0 Å². The second-order valence-electron chi connectivity index (χ2n) is 14.1. The second-order valence-corrected chi connectivity index (χ2v) is 14.1. The smallest absolute Gasteiger partial charge is 0.0159 e. The van der Waals surface area contributed by atoms with Gasteiger partial charge in [0.15, 0.2) is 0 Å². The average molecular weight is 623 g/mol. The molecule has 0 radical (unpaired) electrons. The summed E-state index contributed by atoms with van der Waals surface area (Å²) in [6.07, 6.45) is 0. The molecule has 0 unspecified atom stereocenters. The third-order valence-corrected chi connectivity index (χ3v) is 11.0. The summed E-state index contributed by atoms with van der Waals surface area (Å²) in [5.74, 6) is 0. The molecule has 10 rings (SSSR count). The lowest BCUT2D eigenvalue weighted by molar-refractivity contribution is 0.661. The highest BCUT2D eigenvalue weighted by Crippen LogP contribution is 2.52. The molecule has 0 aromatic heterocycles. The van der Waals surface area contributed by atoms with Crippen LogP contribution in [-0.2, 0) is 5.41 Å². The van der Waals surface area contributed by atoms with Gasteiger partial charge in [0.1, 0.15) is 0 Å². The first-order valence-corrected chi connectivity index (χ1v) is 17.3. The summed E-state index contributed by atoms with van der Waals surface area (Å²) >= 11 is 0. The van der Waals surface area contributed by atoms with Crippen LogP contribution in [0.3, 0.4) is 0 Å². The molecule has 49 heavy (non-hydrogen) atoms. The Hall–Kier alpha value is -5.98. The Morgan fingerprint density at radius 2 is 0.878 bits per heavy atom. The van der Waals surface area contributed by atoms with Crippen molar-refractivity contribution in [2.45, 2.75) is 19.3 Å². The molecule has 0 saturated heterocycles. The average Bonchev–Trinajstić information content (AvgIpc) is 3.37. The van der Waals surface area contributed by atoms with Crippen LogP contribution in [0.5, 0.6) is 0 Å². The fourth-order valence-electron chi connectivity index (χ4n) is 8.64. The van der Waals surface area contributed by atoms with Crippen LogP contribution in [0.2, 0.25) is 0 Å². The topological polar surface area (TPSA) is 0 Å². The van der Waals surface area contributed by atoms with Crippen LogP contribution in [0.25, 0.3) is 87.6 Å². The lowest BCUT2D eigenvalue weighted by Crippen LogP contribution is -2.14. The zero-order valence-electron chi connectivity index (χ0n) is 27.7. The second kappa shape index (κ2) is 10.5. The Labute approximate surface area is 286 Å². The number of hydrogen-bond donors (Lipinski definition) is 0. The zero-order chi connectivity index (χ0) is 32.7. The van der Waals surface area contributed by atoms with E-state index < -0.39 is 0 Å². The molecule has 0 atom stereocenters. The van der Waals surface area contributed by atoms with Crippen molar-refractivity contribution in [3.63, 3.8) is 0 Å². The normalized spacial score (nSPS) is 13.3. The van der Waals surface area contributed by atoms with Gasteiger partial charge in [0, 0.05) is 5.41 Å². The fourth-order valence-corrected chi connectivity index (χ4v) is 8.64. The molecule has 0 bridgehead atoms. The molecule has 0 amide bonds. The lowest BCUT2D eigenvalue weighted by atomic mass is 9.80. The molecule has 0 spiro atoms. The number of benzene rings is 9. The molecule has 0 nitrogen and oxygen atoms in total. The van der Waals surface area contributed by atoms with Gasteiger partial charge in [-0.05, 0) is 123 Å². The largest absolute Gasteiger partial charge is 0.0619 e. The van der Waals surface area contributed by atoms with Crippen molar-refractivity contribution in [1.82, 2.24) is 0 Å². The molecule has 0 aliphatic heterocycles. The van der Waals surface area contributed by atoms with Crippen molar-refractivity contribution in [2.75, 3.05) is 0 Å². The van der Waals surface area contributed by atoms with Crippen LogP contribution in [0.1, 0.15) is 25.0 Å². The van der Waals surface area contributed by atoms with Gasteiger partial charge in [0.25, 0.3) is 0 Å². The molecule has 0 heteroatoms. The number of fused-ring (bicyclic) bond motifs is 7. The molecule has 1 aliphatic rings. The molecule has 0 N–H and O–H groups in total. The third-order valence-electron chi connectivity index (χ3n) is 11.0. The third kappa shape index (κ3) is 4.17. The summed E-state index contributed by atoms with van der Waals surface area (Å²) in [7, 11) is 0. The Bertz CT molecular complexity index is 2740.